The molecule has 1 aliphatic rings. The zero-order valence-corrected chi connectivity index (χ0v) is 20.0. The zero-order valence-electron chi connectivity index (χ0n) is 17.7. The van der Waals surface area contributed by atoms with Crippen molar-refractivity contribution < 1.29 is 14.2 Å². The summed E-state index contributed by atoms with van der Waals surface area (Å²) in [6.07, 6.45) is 2.11. The van der Waals surface area contributed by atoms with Crippen LogP contribution in [0.1, 0.15) is 33.6 Å². The third kappa shape index (κ3) is 13.6. The summed E-state index contributed by atoms with van der Waals surface area (Å²) < 4.78 is 16.0. The highest BCUT2D eigenvalue weighted by Gasteiger charge is 2.21. The first kappa shape index (κ1) is 26.8. The van der Waals surface area contributed by atoms with Gasteiger partial charge in [0.05, 0.1) is 33.0 Å². The predicted molar refractivity (Wildman–Crippen MR) is 122 cm³/mol. The van der Waals surface area contributed by atoms with Crippen molar-refractivity contribution in [1.29, 1.82) is 0 Å². The predicted octanol–water partition coefficient (Wildman–Crippen LogP) is 1.96. The molecule has 1 saturated heterocycles. The SMILES string of the molecule is CCNC(=NCC(CC(C)C)N1CCOCC1)NCCCOCCOC.I. The van der Waals surface area contributed by atoms with Crippen LogP contribution in [0, 0.1) is 5.92 Å². The topological polar surface area (TPSA) is 67.4 Å². The molecule has 1 fully saturated rings. The van der Waals surface area contributed by atoms with E-state index in [0.29, 0.717) is 25.2 Å². The van der Waals surface area contributed by atoms with Gasteiger partial charge in [0.2, 0.25) is 0 Å². The highest BCUT2D eigenvalue weighted by atomic mass is 127. The first-order valence-corrected chi connectivity index (χ1v) is 10.1. The van der Waals surface area contributed by atoms with Crippen LogP contribution in [0.15, 0.2) is 4.99 Å². The smallest absolute Gasteiger partial charge is 0.191 e. The molecule has 0 radical (unpaired) electrons. The summed E-state index contributed by atoms with van der Waals surface area (Å²) in [5.74, 6) is 1.56. The maximum absolute atomic E-state index is 5.50. The Balaban J connectivity index is 0.00000676. The minimum absolute atomic E-state index is 0. The van der Waals surface area contributed by atoms with E-state index < -0.39 is 0 Å². The van der Waals surface area contributed by atoms with Crippen LogP contribution in [0.3, 0.4) is 0 Å². The summed E-state index contributed by atoms with van der Waals surface area (Å²) in [7, 11) is 1.69. The van der Waals surface area contributed by atoms with Gasteiger partial charge in [-0.05, 0) is 25.7 Å². The maximum Gasteiger partial charge on any atom is 0.191 e. The molecule has 1 unspecified atom stereocenters. The van der Waals surface area contributed by atoms with Gasteiger partial charge in [0, 0.05) is 45.9 Å². The van der Waals surface area contributed by atoms with Gasteiger partial charge >= 0.3 is 0 Å². The van der Waals surface area contributed by atoms with E-state index in [2.05, 4.69) is 36.3 Å². The molecule has 0 spiro atoms. The number of halogens is 1. The highest BCUT2D eigenvalue weighted by Crippen LogP contribution is 2.14. The number of rotatable bonds is 13. The number of nitrogens with one attached hydrogen (secondary N) is 2. The summed E-state index contributed by atoms with van der Waals surface area (Å²) in [5, 5.41) is 6.75. The van der Waals surface area contributed by atoms with Gasteiger partial charge in [-0.2, -0.15) is 0 Å². The van der Waals surface area contributed by atoms with E-state index in [-0.39, 0.29) is 24.0 Å². The molecule has 27 heavy (non-hydrogen) atoms. The fraction of sp³-hybridized carbons (Fsp3) is 0.947. The second-order valence-corrected chi connectivity index (χ2v) is 7.04. The van der Waals surface area contributed by atoms with E-state index in [0.717, 1.165) is 71.3 Å². The fourth-order valence-corrected chi connectivity index (χ4v) is 2.99. The molecule has 1 rings (SSSR count). The van der Waals surface area contributed by atoms with Crippen molar-refractivity contribution in [2.24, 2.45) is 10.9 Å². The first-order chi connectivity index (χ1) is 12.7. The Morgan fingerprint density at radius 2 is 1.89 bits per heavy atom. The third-order valence-corrected chi connectivity index (χ3v) is 4.30. The molecular weight excluding hydrogens is 459 g/mol. The van der Waals surface area contributed by atoms with Gasteiger partial charge in [0.25, 0.3) is 0 Å². The number of ether oxygens (including phenoxy) is 3. The Morgan fingerprint density at radius 1 is 1.15 bits per heavy atom. The van der Waals surface area contributed by atoms with Gasteiger partial charge in [0.1, 0.15) is 0 Å². The number of hydrogen-bond acceptors (Lipinski definition) is 5. The standard InChI is InChI=1S/C19H40N4O3.HI/c1-5-20-19(21-7-6-10-25-14-13-24-4)22-16-18(15-17(2)3)23-8-11-26-12-9-23;/h17-18H,5-16H2,1-4H3,(H2,20,21,22);1H. The van der Waals surface area contributed by atoms with Gasteiger partial charge < -0.3 is 24.8 Å². The minimum atomic E-state index is 0. The van der Waals surface area contributed by atoms with Crippen LogP contribution in [0.5, 0.6) is 0 Å². The maximum atomic E-state index is 5.50. The Hall–Kier alpha value is -0.160. The van der Waals surface area contributed by atoms with Crippen LogP contribution in [0.4, 0.5) is 0 Å². The Morgan fingerprint density at radius 3 is 2.52 bits per heavy atom. The molecule has 0 aromatic heterocycles. The lowest BCUT2D eigenvalue weighted by Crippen LogP contribution is -2.46. The van der Waals surface area contributed by atoms with Crippen molar-refractivity contribution in [3.05, 3.63) is 0 Å². The fourth-order valence-electron chi connectivity index (χ4n) is 2.99. The second-order valence-electron chi connectivity index (χ2n) is 7.04. The van der Waals surface area contributed by atoms with Crippen LogP contribution in [-0.2, 0) is 14.2 Å². The van der Waals surface area contributed by atoms with Crippen molar-refractivity contribution in [3.8, 4) is 0 Å². The Labute approximate surface area is 183 Å². The van der Waals surface area contributed by atoms with Crippen LogP contribution < -0.4 is 10.6 Å². The van der Waals surface area contributed by atoms with E-state index in [9.17, 15) is 0 Å². The van der Waals surface area contributed by atoms with Crippen molar-refractivity contribution in [2.75, 3.05) is 72.9 Å². The first-order valence-electron chi connectivity index (χ1n) is 10.1. The average Bonchev–Trinajstić information content (AvgIpc) is 2.64. The van der Waals surface area contributed by atoms with Gasteiger partial charge in [0.15, 0.2) is 5.96 Å². The van der Waals surface area contributed by atoms with E-state index in [4.69, 9.17) is 19.2 Å². The lowest BCUT2D eigenvalue weighted by atomic mass is 10.0. The third-order valence-electron chi connectivity index (χ3n) is 4.30. The molecule has 1 atom stereocenters. The molecule has 0 aliphatic carbocycles. The van der Waals surface area contributed by atoms with Crippen molar-refractivity contribution in [3.63, 3.8) is 0 Å². The number of morpholine rings is 1. The lowest BCUT2D eigenvalue weighted by molar-refractivity contribution is 0.0143. The number of aliphatic imine (C=N–C) groups is 1. The monoisotopic (exact) mass is 500 g/mol. The molecule has 0 aromatic rings. The largest absolute Gasteiger partial charge is 0.382 e. The molecule has 1 aliphatic heterocycles. The summed E-state index contributed by atoms with van der Waals surface area (Å²) in [6.45, 7) is 14.9. The zero-order chi connectivity index (χ0) is 19.0. The summed E-state index contributed by atoms with van der Waals surface area (Å²) >= 11 is 0. The number of guanidine groups is 1. The second kappa shape index (κ2) is 17.9. The van der Waals surface area contributed by atoms with Crippen molar-refractivity contribution in [1.82, 2.24) is 15.5 Å². The van der Waals surface area contributed by atoms with Gasteiger partial charge in [-0.1, -0.05) is 13.8 Å². The molecule has 2 N–H and O–H groups in total. The van der Waals surface area contributed by atoms with E-state index in [1.165, 1.54) is 0 Å². The van der Waals surface area contributed by atoms with Gasteiger partial charge in [-0.15, -0.1) is 24.0 Å². The normalized spacial score (nSPS) is 16.9. The minimum Gasteiger partial charge on any atom is -0.382 e. The van der Waals surface area contributed by atoms with Crippen LogP contribution in [0.2, 0.25) is 0 Å². The molecule has 0 aromatic carbocycles. The number of hydrogen-bond donors (Lipinski definition) is 2. The molecular formula is C19H41IN4O3. The summed E-state index contributed by atoms with van der Waals surface area (Å²) in [6, 6.07) is 0.478. The van der Waals surface area contributed by atoms with E-state index in [1.807, 2.05) is 0 Å². The molecule has 8 heteroatoms. The average molecular weight is 500 g/mol. The summed E-state index contributed by atoms with van der Waals surface area (Å²) in [5.41, 5.74) is 0. The van der Waals surface area contributed by atoms with E-state index >= 15 is 0 Å². The number of nitrogens with zero attached hydrogens (tertiary/aromatic N) is 2. The van der Waals surface area contributed by atoms with Gasteiger partial charge in [-0.3, -0.25) is 9.89 Å². The number of methoxy groups -OCH3 is 1. The molecule has 0 bridgehead atoms. The Bertz CT molecular complexity index is 367. The van der Waals surface area contributed by atoms with Crippen LogP contribution in [0.25, 0.3) is 0 Å². The van der Waals surface area contributed by atoms with Crippen LogP contribution in [-0.4, -0.2) is 89.8 Å². The molecule has 1 heterocycles. The highest BCUT2D eigenvalue weighted by molar-refractivity contribution is 14.0. The van der Waals surface area contributed by atoms with Gasteiger partial charge in [-0.25, -0.2) is 0 Å². The lowest BCUT2D eigenvalue weighted by Gasteiger charge is -2.34. The summed E-state index contributed by atoms with van der Waals surface area (Å²) in [4.78, 5) is 7.37. The Kier molecular flexibility index (Phi) is 17.8. The van der Waals surface area contributed by atoms with Crippen molar-refractivity contribution in [2.45, 2.75) is 39.7 Å². The molecule has 0 amide bonds. The molecule has 7 nitrogen and oxygen atoms in total. The molecule has 162 valence electrons. The quantitative estimate of drug-likeness (QED) is 0.175. The van der Waals surface area contributed by atoms with E-state index in [1.54, 1.807) is 7.11 Å². The van der Waals surface area contributed by atoms with Crippen molar-refractivity contribution >= 4 is 29.9 Å². The van der Waals surface area contributed by atoms with Crippen LogP contribution >= 0.6 is 24.0 Å². The molecule has 0 saturated carbocycles.